The molecule has 0 aromatic rings. The van der Waals surface area contributed by atoms with Gasteiger partial charge in [-0.1, -0.05) is 63.7 Å². The SMILES string of the molecule is COCCCCC[Si](C)(C)C(C)[Si](C)(C)C. The van der Waals surface area contributed by atoms with Gasteiger partial charge in [0.25, 0.3) is 0 Å². The zero-order chi connectivity index (χ0) is 12.8. The molecular formula is C13H32OSi2. The lowest BCUT2D eigenvalue weighted by Gasteiger charge is -2.38. The number of hydrogen-bond donors (Lipinski definition) is 0. The van der Waals surface area contributed by atoms with Gasteiger partial charge in [-0.2, -0.15) is 0 Å². The van der Waals surface area contributed by atoms with Crippen molar-refractivity contribution in [1.82, 2.24) is 0 Å². The molecule has 1 atom stereocenters. The zero-order valence-corrected chi connectivity index (χ0v) is 14.5. The standard InChI is InChI=1S/C13H32OSi2/c1-13(15(3,4)5)16(6,7)12-10-8-9-11-14-2/h13H,8-12H2,1-7H3. The number of unbranched alkanes of at least 4 members (excludes halogenated alkanes) is 2. The highest BCUT2D eigenvalue weighted by Gasteiger charge is 2.36. The molecule has 16 heavy (non-hydrogen) atoms. The van der Waals surface area contributed by atoms with Crippen molar-refractivity contribution < 1.29 is 4.74 Å². The van der Waals surface area contributed by atoms with Crippen LogP contribution in [0.4, 0.5) is 0 Å². The average Bonchev–Trinajstić information content (AvgIpc) is 2.15. The van der Waals surface area contributed by atoms with Crippen LogP contribution >= 0.6 is 0 Å². The lowest BCUT2D eigenvalue weighted by Crippen LogP contribution is -2.44. The third kappa shape index (κ3) is 6.21. The first kappa shape index (κ1) is 16.4. The van der Waals surface area contributed by atoms with Crippen LogP contribution in [0.1, 0.15) is 26.2 Å². The molecular weight excluding hydrogens is 228 g/mol. The highest BCUT2D eigenvalue weighted by atomic mass is 28.4. The highest BCUT2D eigenvalue weighted by molar-refractivity contribution is 6.96. The van der Waals surface area contributed by atoms with Gasteiger partial charge in [-0.15, -0.1) is 0 Å². The summed E-state index contributed by atoms with van der Waals surface area (Å²) in [7, 11) is -0.118. The Balaban J connectivity index is 3.95. The molecule has 0 saturated carbocycles. The summed E-state index contributed by atoms with van der Waals surface area (Å²) < 4.78 is 5.09. The van der Waals surface area contributed by atoms with Crippen LogP contribution in [0.5, 0.6) is 0 Å². The van der Waals surface area contributed by atoms with Gasteiger partial charge in [-0.25, -0.2) is 0 Å². The average molecular weight is 261 g/mol. The van der Waals surface area contributed by atoms with E-state index in [0.717, 1.165) is 11.8 Å². The van der Waals surface area contributed by atoms with Gasteiger partial charge in [-0.3, -0.25) is 0 Å². The Labute approximate surface area is 105 Å². The molecule has 0 aromatic heterocycles. The highest BCUT2D eigenvalue weighted by Crippen LogP contribution is 2.35. The molecule has 0 aliphatic rings. The molecule has 0 radical (unpaired) electrons. The minimum Gasteiger partial charge on any atom is -0.385 e. The monoisotopic (exact) mass is 260 g/mol. The molecule has 98 valence electrons. The summed E-state index contributed by atoms with van der Waals surface area (Å²) in [6.07, 6.45) is 4.00. The molecule has 0 saturated heterocycles. The van der Waals surface area contributed by atoms with Crippen molar-refractivity contribution in [3.8, 4) is 0 Å². The van der Waals surface area contributed by atoms with Crippen molar-refractivity contribution >= 4 is 16.1 Å². The predicted octanol–water partition coefficient (Wildman–Crippen LogP) is 4.78. The molecule has 0 rings (SSSR count). The Morgan fingerprint density at radius 1 is 0.938 bits per heavy atom. The minimum atomic E-state index is -0.981. The second-order valence-corrected chi connectivity index (χ2v) is 18.4. The van der Waals surface area contributed by atoms with Crippen LogP contribution in [-0.4, -0.2) is 29.9 Å². The van der Waals surface area contributed by atoms with Gasteiger partial charge in [0.05, 0.1) is 0 Å². The maximum atomic E-state index is 5.09. The van der Waals surface area contributed by atoms with Crippen LogP contribution in [0.15, 0.2) is 0 Å². The molecule has 1 unspecified atom stereocenters. The Bertz CT molecular complexity index is 185. The molecule has 0 N–H and O–H groups in total. The number of methoxy groups -OCH3 is 1. The van der Waals surface area contributed by atoms with Gasteiger partial charge in [0.15, 0.2) is 0 Å². The van der Waals surface area contributed by atoms with E-state index in [-0.39, 0.29) is 0 Å². The summed E-state index contributed by atoms with van der Waals surface area (Å²) in [6.45, 7) is 16.2. The van der Waals surface area contributed by atoms with E-state index in [2.05, 4.69) is 39.7 Å². The van der Waals surface area contributed by atoms with Crippen LogP contribution in [0, 0.1) is 0 Å². The second-order valence-electron chi connectivity index (χ2n) is 6.88. The molecule has 0 amide bonds. The molecule has 0 bridgehead atoms. The van der Waals surface area contributed by atoms with Crippen LogP contribution in [-0.2, 0) is 4.74 Å². The minimum absolute atomic E-state index is 0.934. The lowest BCUT2D eigenvalue weighted by molar-refractivity contribution is 0.192. The number of ether oxygens (including phenoxy) is 1. The fourth-order valence-corrected chi connectivity index (χ4v) is 13.8. The smallest absolute Gasteiger partial charge is 0.0475 e. The van der Waals surface area contributed by atoms with E-state index in [4.69, 9.17) is 4.74 Å². The first-order valence-corrected chi connectivity index (χ1v) is 13.6. The summed E-state index contributed by atoms with van der Waals surface area (Å²) in [5.41, 5.74) is 0. The normalized spacial score (nSPS) is 15.2. The van der Waals surface area contributed by atoms with Crippen molar-refractivity contribution in [3.05, 3.63) is 0 Å². The third-order valence-electron chi connectivity index (χ3n) is 4.14. The molecule has 0 aromatic carbocycles. The van der Waals surface area contributed by atoms with Gasteiger partial charge in [0.2, 0.25) is 0 Å². The van der Waals surface area contributed by atoms with Crippen molar-refractivity contribution in [2.45, 2.75) is 70.1 Å². The van der Waals surface area contributed by atoms with Gasteiger partial charge < -0.3 is 4.74 Å². The first-order valence-electron chi connectivity index (χ1n) is 6.71. The van der Waals surface area contributed by atoms with Crippen LogP contribution in [0.25, 0.3) is 0 Å². The van der Waals surface area contributed by atoms with Gasteiger partial charge in [0.1, 0.15) is 0 Å². The molecule has 0 aliphatic heterocycles. The summed E-state index contributed by atoms with van der Waals surface area (Å²) in [6, 6.07) is 1.50. The van der Waals surface area contributed by atoms with E-state index in [1.807, 2.05) is 0 Å². The Morgan fingerprint density at radius 3 is 1.94 bits per heavy atom. The van der Waals surface area contributed by atoms with Crippen molar-refractivity contribution in [2.24, 2.45) is 0 Å². The van der Waals surface area contributed by atoms with Crippen molar-refractivity contribution in [3.63, 3.8) is 0 Å². The number of hydrogen-bond acceptors (Lipinski definition) is 1. The van der Waals surface area contributed by atoms with Crippen molar-refractivity contribution in [2.75, 3.05) is 13.7 Å². The largest absolute Gasteiger partial charge is 0.385 e. The lowest BCUT2D eigenvalue weighted by atomic mass is 10.3. The zero-order valence-electron chi connectivity index (χ0n) is 12.5. The molecule has 1 nitrogen and oxygen atoms in total. The van der Waals surface area contributed by atoms with E-state index >= 15 is 0 Å². The Morgan fingerprint density at radius 2 is 1.50 bits per heavy atom. The Kier molecular flexibility index (Phi) is 7.14. The maximum absolute atomic E-state index is 5.09. The molecule has 0 aliphatic carbocycles. The summed E-state index contributed by atoms with van der Waals surface area (Å²) >= 11 is 0. The summed E-state index contributed by atoms with van der Waals surface area (Å²) in [5, 5.41) is 1.03. The fraction of sp³-hybridized carbons (Fsp3) is 1.00. The van der Waals surface area contributed by atoms with E-state index in [1.165, 1.54) is 25.3 Å². The molecule has 0 fully saturated rings. The molecule has 0 spiro atoms. The first-order chi connectivity index (χ1) is 7.22. The van der Waals surface area contributed by atoms with Crippen molar-refractivity contribution in [1.29, 1.82) is 0 Å². The van der Waals surface area contributed by atoms with E-state index in [9.17, 15) is 0 Å². The summed E-state index contributed by atoms with van der Waals surface area (Å²) in [4.78, 5) is 0. The number of rotatable bonds is 8. The van der Waals surface area contributed by atoms with Crippen LogP contribution < -0.4 is 0 Å². The summed E-state index contributed by atoms with van der Waals surface area (Å²) in [5.74, 6) is 0. The van der Waals surface area contributed by atoms with E-state index < -0.39 is 16.1 Å². The van der Waals surface area contributed by atoms with Gasteiger partial charge >= 0.3 is 0 Å². The second kappa shape index (κ2) is 6.97. The molecule has 0 heterocycles. The van der Waals surface area contributed by atoms with E-state index in [1.54, 1.807) is 7.11 Å². The third-order valence-corrected chi connectivity index (χ3v) is 15.7. The maximum Gasteiger partial charge on any atom is 0.0475 e. The van der Waals surface area contributed by atoms with E-state index in [0.29, 0.717) is 0 Å². The van der Waals surface area contributed by atoms with Gasteiger partial charge in [-0.05, 0) is 6.42 Å². The van der Waals surface area contributed by atoms with Crippen LogP contribution in [0.2, 0.25) is 43.9 Å². The van der Waals surface area contributed by atoms with Crippen LogP contribution in [0.3, 0.4) is 0 Å². The quantitative estimate of drug-likeness (QED) is 0.451. The predicted molar refractivity (Wildman–Crippen MR) is 80.8 cm³/mol. The molecule has 3 heteroatoms. The fourth-order valence-electron chi connectivity index (χ4n) is 2.39. The topological polar surface area (TPSA) is 9.23 Å². The van der Waals surface area contributed by atoms with Gasteiger partial charge in [0, 0.05) is 29.9 Å². The Hall–Kier alpha value is 0.394.